The molecule has 1 rings (SSSR count). The van der Waals surface area contributed by atoms with Crippen LogP contribution in [0.4, 0.5) is 18.9 Å². The van der Waals surface area contributed by atoms with Gasteiger partial charge in [0.2, 0.25) is 0 Å². The maximum absolute atomic E-state index is 12.5. The number of anilines is 1. The first-order valence-electron chi connectivity index (χ1n) is 5.66. The average molecular weight is 286 g/mol. The topological polar surface area (TPSA) is 73.1 Å². The number of nitrogens with one attached hydrogen (secondary N) is 1. The highest BCUT2D eigenvalue weighted by atomic mass is 19.4. The normalized spacial score (nSPS) is 11.8. The lowest BCUT2D eigenvalue weighted by Gasteiger charge is -2.26. The van der Waals surface area contributed by atoms with Crippen molar-refractivity contribution in [3.63, 3.8) is 0 Å². The Kier molecular flexibility index (Phi) is 4.28. The van der Waals surface area contributed by atoms with Gasteiger partial charge in [0.1, 0.15) is 6.07 Å². The highest BCUT2D eigenvalue weighted by molar-refractivity contribution is 5.70. The van der Waals surface area contributed by atoms with E-state index in [1.165, 1.54) is 0 Å². The van der Waals surface area contributed by atoms with E-state index in [0.717, 1.165) is 18.2 Å². The summed E-state index contributed by atoms with van der Waals surface area (Å²) < 4.78 is 37.6. The van der Waals surface area contributed by atoms with Crippen molar-refractivity contribution < 1.29 is 23.1 Å². The number of carboxylic acid groups (broad SMARTS) is 1. The van der Waals surface area contributed by atoms with Gasteiger partial charge in [-0.15, -0.1) is 0 Å². The zero-order valence-corrected chi connectivity index (χ0v) is 10.9. The second-order valence-corrected chi connectivity index (χ2v) is 4.95. The lowest BCUT2D eigenvalue weighted by atomic mass is 9.99. The maximum atomic E-state index is 12.5. The summed E-state index contributed by atoms with van der Waals surface area (Å²) >= 11 is 0. The molecule has 1 aromatic rings. The van der Waals surface area contributed by atoms with E-state index in [1.54, 1.807) is 19.9 Å². The van der Waals surface area contributed by atoms with Gasteiger partial charge >= 0.3 is 12.1 Å². The molecule has 0 fully saturated rings. The van der Waals surface area contributed by atoms with Crippen molar-refractivity contribution in [3.8, 4) is 6.07 Å². The Morgan fingerprint density at radius 2 is 2.00 bits per heavy atom. The van der Waals surface area contributed by atoms with Crippen molar-refractivity contribution in [3.05, 3.63) is 29.3 Å². The van der Waals surface area contributed by atoms with E-state index in [1.807, 2.05) is 0 Å². The summed E-state index contributed by atoms with van der Waals surface area (Å²) in [6.07, 6.45) is -4.76. The van der Waals surface area contributed by atoms with E-state index in [0.29, 0.717) is 0 Å². The first-order chi connectivity index (χ1) is 9.05. The summed E-state index contributed by atoms with van der Waals surface area (Å²) in [5.41, 5.74) is -1.82. The Labute approximate surface area is 113 Å². The fourth-order valence-corrected chi connectivity index (χ4v) is 1.71. The number of nitriles is 1. The second-order valence-electron chi connectivity index (χ2n) is 4.95. The Bertz CT molecular complexity index is 560. The van der Waals surface area contributed by atoms with Gasteiger partial charge in [0.05, 0.1) is 23.2 Å². The van der Waals surface area contributed by atoms with Crippen molar-refractivity contribution in [1.82, 2.24) is 0 Å². The van der Waals surface area contributed by atoms with Gasteiger partial charge in [0.15, 0.2) is 0 Å². The summed E-state index contributed by atoms with van der Waals surface area (Å²) in [5, 5.41) is 20.4. The SMILES string of the molecule is CC(C)(CC(=O)O)Nc1ccc(C(F)(F)F)cc1C#N. The van der Waals surface area contributed by atoms with E-state index in [4.69, 9.17) is 10.4 Å². The third kappa shape index (κ3) is 4.16. The van der Waals surface area contributed by atoms with Gasteiger partial charge in [0, 0.05) is 5.54 Å². The number of carbonyl (C=O) groups is 1. The molecule has 0 heterocycles. The van der Waals surface area contributed by atoms with Crippen molar-refractivity contribution in [2.45, 2.75) is 32.0 Å². The van der Waals surface area contributed by atoms with Crippen molar-refractivity contribution in [1.29, 1.82) is 5.26 Å². The number of halogens is 3. The summed E-state index contributed by atoms with van der Waals surface area (Å²) in [7, 11) is 0. The minimum Gasteiger partial charge on any atom is -0.481 e. The standard InChI is InChI=1S/C13H13F3N2O2/c1-12(2,6-11(19)20)18-10-4-3-9(13(14,15)16)5-8(10)7-17/h3-5,18H,6H2,1-2H3,(H,19,20). The maximum Gasteiger partial charge on any atom is 0.416 e. The second kappa shape index (κ2) is 5.41. The minimum absolute atomic E-state index is 0.173. The van der Waals surface area contributed by atoms with Crippen molar-refractivity contribution in [2.75, 3.05) is 5.32 Å². The van der Waals surface area contributed by atoms with Gasteiger partial charge in [-0.1, -0.05) is 0 Å². The fourth-order valence-electron chi connectivity index (χ4n) is 1.71. The van der Waals surface area contributed by atoms with E-state index >= 15 is 0 Å². The summed E-state index contributed by atoms with van der Waals surface area (Å²) in [6, 6.07) is 4.39. The molecular weight excluding hydrogens is 273 g/mol. The molecule has 2 N–H and O–H groups in total. The number of aliphatic carboxylic acids is 1. The smallest absolute Gasteiger partial charge is 0.416 e. The van der Waals surface area contributed by atoms with Crippen molar-refractivity contribution >= 4 is 11.7 Å². The monoisotopic (exact) mass is 286 g/mol. The highest BCUT2D eigenvalue weighted by Gasteiger charge is 2.31. The summed E-state index contributed by atoms with van der Waals surface area (Å²) in [6.45, 7) is 3.17. The molecular formula is C13H13F3N2O2. The highest BCUT2D eigenvalue weighted by Crippen LogP contribution is 2.32. The van der Waals surface area contributed by atoms with E-state index in [9.17, 15) is 18.0 Å². The quantitative estimate of drug-likeness (QED) is 0.891. The van der Waals surface area contributed by atoms with Crippen LogP contribution in [-0.2, 0) is 11.0 Å². The number of carboxylic acids is 1. The lowest BCUT2D eigenvalue weighted by Crippen LogP contribution is -2.34. The summed E-state index contributed by atoms with van der Waals surface area (Å²) in [4.78, 5) is 10.7. The van der Waals surface area contributed by atoms with Crippen LogP contribution >= 0.6 is 0 Å². The largest absolute Gasteiger partial charge is 0.481 e. The Morgan fingerprint density at radius 1 is 1.40 bits per heavy atom. The number of hydrogen-bond acceptors (Lipinski definition) is 3. The molecule has 0 aliphatic rings. The molecule has 0 spiro atoms. The van der Waals surface area contributed by atoms with Crippen LogP contribution in [0.25, 0.3) is 0 Å². The Morgan fingerprint density at radius 3 is 2.45 bits per heavy atom. The van der Waals surface area contributed by atoms with Gasteiger partial charge < -0.3 is 10.4 Å². The van der Waals surface area contributed by atoms with Crippen LogP contribution in [-0.4, -0.2) is 16.6 Å². The average Bonchev–Trinajstić information content (AvgIpc) is 2.25. The molecule has 7 heteroatoms. The van der Waals surface area contributed by atoms with E-state index in [-0.39, 0.29) is 17.7 Å². The van der Waals surface area contributed by atoms with Crippen LogP contribution in [0.1, 0.15) is 31.4 Å². The lowest BCUT2D eigenvalue weighted by molar-refractivity contribution is -0.138. The van der Waals surface area contributed by atoms with Gasteiger partial charge in [0.25, 0.3) is 0 Å². The van der Waals surface area contributed by atoms with Crippen LogP contribution in [0.2, 0.25) is 0 Å². The molecule has 0 aliphatic heterocycles. The van der Waals surface area contributed by atoms with Crippen LogP contribution in [0.3, 0.4) is 0 Å². The molecule has 0 aromatic heterocycles. The number of hydrogen-bond donors (Lipinski definition) is 2. The third-order valence-corrected chi connectivity index (χ3v) is 2.53. The minimum atomic E-state index is -4.53. The molecule has 0 unspecified atom stereocenters. The molecule has 0 radical (unpaired) electrons. The molecule has 20 heavy (non-hydrogen) atoms. The van der Waals surface area contributed by atoms with Crippen LogP contribution < -0.4 is 5.32 Å². The Balaban J connectivity index is 3.09. The fraction of sp³-hybridized carbons (Fsp3) is 0.385. The third-order valence-electron chi connectivity index (χ3n) is 2.53. The van der Waals surface area contributed by atoms with Crippen LogP contribution in [0, 0.1) is 11.3 Å². The molecule has 0 amide bonds. The summed E-state index contributed by atoms with van der Waals surface area (Å²) in [5.74, 6) is -1.05. The predicted octanol–water partition coefficient (Wildman–Crippen LogP) is 3.24. The van der Waals surface area contributed by atoms with Gasteiger partial charge in [-0.05, 0) is 32.0 Å². The molecule has 0 aliphatic carbocycles. The molecule has 0 saturated heterocycles. The zero-order valence-electron chi connectivity index (χ0n) is 10.9. The molecule has 0 atom stereocenters. The number of rotatable bonds is 4. The Hall–Kier alpha value is -2.23. The molecule has 4 nitrogen and oxygen atoms in total. The molecule has 0 bridgehead atoms. The number of benzene rings is 1. The van der Waals surface area contributed by atoms with Gasteiger partial charge in [-0.3, -0.25) is 4.79 Å². The van der Waals surface area contributed by atoms with E-state index < -0.39 is 23.2 Å². The van der Waals surface area contributed by atoms with Crippen molar-refractivity contribution in [2.24, 2.45) is 0 Å². The van der Waals surface area contributed by atoms with Gasteiger partial charge in [-0.2, -0.15) is 18.4 Å². The first-order valence-corrected chi connectivity index (χ1v) is 5.66. The van der Waals surface area contributed by atoms with E-state index in [2.05, 4.69) is 5.32 Å². The predicted molar refractivity (Wildman–Crippen MR) is 66.1 cm³/mol. The molecule has 108 valence electrons. The van der Waals surface area contributed by atoms with Crippen LogP contribution in [0.15, 0.2) is 18.2 Å². The molecule has 1 aromatic carbocycles. The zero-order chi connectivity index (χ0) is 15.6. The first kappa shape index (κ1) is 15.8. The van der Waals surface area contributed by atoms with Gasteiger partial charge in [-0.25, -0.2) is 0 Å². The number of nitrogens with zero attached hydrogens (tertiary/aromatic N) is 1. The van der Waals surface area contributed by atoms with Crippen LogP contribution in [0.5, 0.6) is 0 Å². The molecule has 0 saturated carbocycles. The number of alkyl halides is 3.